The standard InChI is InChI=1S/C24H29N3O5S/c1-3-23(28)25-19-13-15-27(16-14-19)33(30,31)22-11-10-20(17-21(22)32-2)26-24(29)12-9-18-7-5-4-6-8-18/h3-8,10-11,17,19H,1,9,12-16H2,2H3,(H,25,28)(H,26,29). The fraction of sp³-hybridized carbons (Fsp3) is 0.333. The first kappa shape index (κ1) is 24.5. The molecular weight excluding hydrogens is 442 g/mol. The summed E-state index contributed by atoms with van der Waals surface area (Å²) in [6.45, 7) is 4.00. The summed E-state index contributed by atoms with van der Waals surface area (Å²) in [4.78, 5) is 23.8. The lowest BCUT2D eigenvalue weighted by atomic mass is 10.1. The van der Waals surface area contributed by atoms with Gasteiger partial charge in [0.05, 0.1) is 7.11 Å². The number of anilines is 1. The van der Waals surface area contributed by atoms with Gasteiger partial charge in [0.25, 0.3) is 0 Å². The van der Waals surface area contributed by atoms with E-state index >= 15 is 0 Å². The molecular formula is C24H29N3O5S. The van der Waals surface area contributed by atoms with Crippen LogP contribution in [0.4, 0.5) is 5.69 Å². The third kappa shape index (κ3) is 6.43. The Morgan fingerprint density at radius 1 is 1.15 bits per heavy atom. The van der Waals surface area contributed by atoms with Crippen LogP contribution in [-0.2, 0) is 26.0 Å². The topological polar surface area (TPSA) is 105 Å². The molecule has 2 N–H and O–H groups in total. The van der Waals surface area contributed by atoms with Gasteiger partial charge in [-0.2, -0.15) is 4.31 Å². The molecule has 0 radical (unpaired) electrons. The number of ether oxygens (including phenoxy) is 1. The first-order valence-electron chi connectivity index (χ1n) is 10.8. The Morgan fingerprint density at radius 3 is 2.48 bits per heavy atom. The molecule has 3 rings (SSSR count). The maximum atomic E-state index is 13.2. The Morgan fingerprint density at radius 2 is 1.85 bits per heavy atom. The largest absolute Gasteiger partial charge is 0.495 e. The summed E-state index contributed by atoms with van der Waals surface area (Å²) in [6.07, 6.45) is 3.15. The molecule has 0 saturated carbocycles. The minimum Gasteiger partial charge on any atom is -0.495 e. The second kappa shape index (κ2) is 11.1. The van der Waals surface area contributed by atoms with Gasteiger partial charge in [0.2, 0.25) is 21.8 Å². The van der Waals surface area contributed by atoms with E-state index in [-0.39, 0.29) is 41.6 Å². The molecule has 8 nitrogen and oxygen atoms in total. The lowest BCUT2D eigenvalue weighted by Gasteiger charge is -2.31. The molecule has 1 aliphatic rings. The summed E-state index contributed by atoms with van der Waals surface area (Å²) in [5.41, 5.74) is 1.54. The van der Waals surface area contributed by atoms with Gasteiger partial charge >= 0.3 is 0 Å². The zero-order valence-electron chi connectivity index (χ0n) is 18.6. The maximum absolute atomic E-state index is 13.2. The van der Waals surface area contributed by atoms with Crippen molar-refractivity contribution in [2.45, 2.75) is 36.6 Å². The zero-order chi connectivity index (χ0) is 23.8. The summed E-state index contributed by atoms with van der Waals surface area (Å²) in [6, 6.07) is 14.2. The third-order valence-electron chi connectivity index (χ3n) is 5.53. The Labute approximate surface area is 194 Å². The molecule has 1 fully saturated rings. The summed E-state index contributed by atoms with van der Waals surface area (Å²) < 4.78 is 33.1. The number of nitrogens with one attached hydrogen (secondary N) is 2. The Kier molecular flexibility index (Phi) is 8.24. The Bertz CT molecular complexity index is 1090. The quantitative estimate of drug-likeness (QED) is 0.547. The molecule has 0 aliphatic carbocycles. The van der Waals surface area contributed by atoms with Crippen molar-refractivity contribution in [3.8, 4) is 5.75 Å². The number of benzene rings is 2. The van der Waals surface area contributed by atoms with Gasteiger partial charge < -0.3 is 15.4 Å². The Balaban J connectivity index is 1.64. The highest BCUT2D eigenvalue weighted by atomic mass is 32.2. The molecule has 33 heavy (non-hydrogen) atoms. The normalized spacial score (nSPS) is 14.9. The first-order valence-corrected chi connectivity index (χ1v) is 12.2. The van der Waals surface area contributed by atoms with E-state index in [9.17, 15) is 18.0 Å². The molecule has 0 bridgehead atoms. The van der Waals surface area contributed by atoms with Crippen LogP contribution in [0.15, 0.2) is 66.1 Å². The van der Waals surface area contributed by atoms with E-state index in [0.29, 0.717) is 31.4 Å². The van der Waals surface area contributed by atoms with Crippen LogP contribution in [0.25, 0.3) is 0 Å². The minimum absolute atomic E-state index is 0.0425. The molecule has 1 heterocycles. The monoisotopic (exact) mass is 471 g/mol. The van der Waals surface area contributed by atoms with Crippen LogP contribution in [0.2, 0.25) is 0 Å². The Hall–Kier alpha value is -3.17. The number of carbonyl (C=O) groups is 2. The summed E-state index contributed by atoms with van der Waals surface area (Å²) >= 11 is 0. The number of sulfonamides is 1. The molecule has 0 atom stereocenters. The molecule has 0 spiro atoms. The second-order valence-corrected chi connectivity index (χ2v) is 9.70. The molecule has 0 unspecified atom stereocenters. The van der Waals surface area contributed by atoms with Gasteiger partial charge in [-0.25, -0.2) is 8.42 Å². The highest BCUT2D eigenvalue weighted by molar-refractivity contribution is 7.89. The van der Waals surface area contributed by atoms with E-state index in [2.05, 4.69) is 17.2 Å². The second-order valence-electron chi connectivity index (χ2n) is 7.79. The van der Waals surface area contributed by atoms with Crippen molar-refractivity contribution >= 4 is 27.5 Å². The fourth-order valence-corrected chi connectivity index (χ4v) is 5.33. The van der Waals surface area contributed by atoms with Gasteiger partial charge in [0, 0.05) is 37.3 Å². The van der Waals surface area contributed by atoms with E-state index in [4.69, 9.17) is 4.74 Å². The maximum Gasteiger partial charge on any atom is 0.246 e. The summed E-state index contributed by atoms with van der Waals surface area (Å²) in [7, 11) is -2.40. The first-order chi connectivity index (χ1) is 15.8. The van der Waals surface area contributed by atoms with Gasteiger partial charge in [-0.3, -0.25) is 9.59 Å². The predicted octanol–water partition coefficient (Wildman–Crippen LogP) is 2.72. The number of nitrogens with zero attached hydrogens (tertiary/aromatic N) is 1. The highest BCUT2D eigenvalue weighted by Gasteiger charge is 2.32. The highest BCUT2D eigenvalue weighted by Crippen LogP contribution is 2.31. The summed E-state index contributed by atoms with van der Waals surface area (Å²) in [5.74, 6) is -0.266. The van der Waals surface area contributed by atoms with Crippen molar-refractivity contribution in [2.24, 2.45) is 0 Å². The van der Waals surface area contributed by atoms with Gasteiger partial charge in [-0.1, -0.05) is 36.9 Å². The third-order valence-corrected chi connectivity index (χ3v) is 7.47. The van der Waals surface area contributed by atoms with Crippen LogP contribution >= 0.6 is 0 Å². The van der Waals surface area contributed by atoms with Crippen LogP contribution < -0.4 is 15.4 Å². The average molecular weight is 472 g/mol. The number of methoxy groups -OCH3 is 1. The minimum atomic E-state index is -3.79. The summed E-state index contributed by atoms with van der Waals surface area (Å²) in [5, 5.41) is 5.60. The lowest BCUT2D eigenvalue weighted by molar-refractivity contribution is -0.117. The molecule has 2 amide bonds. The molecule has 176 valence electrons. The van der Waals surface area contributed by atoms with Crippen molar-refractivity contribution in [1.82, 2.24) is 9.62 Å². The van der Waals surface area contributed by atoms with Crippen molar-refractivity contribution < 1.29 is 22.7 Å². The lowest BCUT2D eigenvalue weighted by Crippen LogP contribution is -2.46. The van der Waals surface area contributed by atoms with Crippen molar-refractivity contribution in [2.75, 3.05) is 25.5 Å². The van der Waals surface area contributed by atoms with Crippen LogP contribution in [0.3, 0.4) is 0 Å². The van der Waals surface area contributed by atoms with E-state index in [1.807, 2.05) is 30.3 Å². The smallest absolute Gasteiger partial charge is 0.246 e. The zero-order valence-corrected chi connectivity index (χ0v) is 19.4. The van der Waals surface area contributed by atoms with Gasteiger partial charge in [0.15, 0.2) is 0 Å². The van der Waals surface area contributed by atoms with Gasteiger partial charge in [-0.05, 0) is 43.0 Å². The predicted molar refractivity (Wildman–Crippen MR) is 127 cm³/mol. The number of piperidine rings is 1. The SMILES string of the molecule is C=CC(=O)NC1CCN(S(=O)(=O)c2ccc(NC(=O)CCc3ccccc3)cc2OC)CC1. The van der Waals surface area contributed by atoms with E-state index in [1.165, 1.54) is 29.6 Å². The average Bonchev–Trinajstić information content (AvgIpc) is 2.83. The molecule has 1 aliphatic heterocycles. The number of amides is 2. The van der Waals surface area contributed by atoms with E-state index in [1.54, 1.807) is 6.07 Å². The number of hydrogen-bond acceptors (Lipinski definition) is 5. The number of aryl methyl sites for hydroxylation is 1. The van der Waals surface area contributed by atoms with Crippen LogP contribution in [0.1, 0.15) is 24.8 Å². The molecule has 2 aromatic rings. The van der Waals surface area contributed by atoms with Crippen molar-refractivity contribution in [1.29, 1.82) is 0 Å². The molecule has 2 aromatic carbocycles. The van der Waals surface area contributed by atoms with Gasteiger partial charge in [0.1, 0.15) is 10.6 Å². The number of carbonyl (C=O) groups excluding carboxylic acids is 2. The van der Waals surface area contributed by atoms with Crippen LogP contribution in [0.5, 0.6) is 5.75 Å². The molecule has 9 heteroatoms. The number of hydrogen-bond donors (Lipinski definition) is 2. The molecule has 0 aromatic heterocycles. The van der Waals surface area contributed by atoms with Crippen molar-refractivity contribution in [3.05, 3.63) is 66.7 Å². The van der Waals surface area contributed by atoms with Crippen molar-refractivity contribution in [3.63, 3.8) is 0 Å². The fourth-order valence-electron chi connectivity index (χ4n) is 3.72. The van der Waals surface area contributed by atoms with E-state index < -0.39 is 10.0 Å². The van der Waals surface area contributed by atoms with Gasteiger partial charge in [-0.15, -0.1) is 0 Å². The number of rotatable bonds is 9. The van der Waals surface area contributed by atoms with E-state index in [0.717, 1.165) is 5.56 Å². The van der Waals surface area contributed by atoms with Crippen LogP contribution in [-0.4, -0.2) is 50.8 Å². The molecule has 1 saturated heterocycles. The van der Waals surface area contributed by atoms with Crippen LogP contribution in [0, 0.1) is 0 Å².